The van der Waals surface area contributed by atoms with Crippen LogP contribution in [0.1, 0.15) is 40.0 Å². The zero-order chi connectivity index (χ0) is 10.4. The van der Waals surface area contributed by atoms with Crippen molar-refractivity contribution in [2.45, 2.75) is 46.1 Å². The van der Waals surface area contributed by atoms with Crippen molar-refractivity contribution in [2.24, 2.45) is 22.5 Å². The fourth-order valence-corrected chi connectivity index (χ4v) is 3.72. The molecule has 2 rings (SSSR count). The molecule has 0 aromatic rings. The molecule has 1 aliphatic heterocycles. The summed E-state index contributed by atoms with van der Waals surface area (Å²) in [6.45, 7) is 8.77. The Morgan fingerprint density at radius 2 is 2.14 bits per heavy atom. The van der Waals surface area contributed by atoms with Crippen molar-refractivity contribution in [1.82, 2.24) is 0 Å². The molecule has 0 aromatic carbocycles. The highest BCUT2D eigenvalue weighted by Crippen LogP contribution is 2.73. The van der Waals surface area contributed by atoms with Gasteiger partial charge in [0.05, 0.1) is 6.10 Å². The third kappa shape index (κ3) is 1.17. The minimum Gasteiger partial charge on any atom is -0.378 e. The molecule has 2 N–H and O–H groups in total. The average Bonchev–Trinajstić information content (AvgIpc) is 2.61. The Labute approximate surface area is 87.2 Å². The normalized spacial score (nSPS) is 45.4. The molecule has 14 heavy (non-hydrogen) atoms. The van der Waals surface area contributed by atoms with E-state index in [1.165, 1.54) is 12.8 Å². The van der Waals surface area contributed by atoms with E-state index in [4.69, 9.17) is 10.5 Å². The maximum Gasteiger partial charge on any atom is 0.0578 e. The fraction of sp³-hybridized carbons (Fsp3) is 1.00. The minimum atomic E-state index is 0.457. The van der Waals surface area contributed by atoms with Crippen LogP contribution in [0.4, 0.5) is 0 Å². The minimum absolute atomic E-state index is 0.457. The SMILES string of the molecule is CCC1CC2(CCO1)C(CN)C2(C)C. The van der Waals surface area contributed by atoms with E-state index in [9.17, 15) is 0 Å². The highest BCUT2D eigenvalue weighted by atomic mass is 16.5. The van der Waals surface area contributed by atoms with Gasteiger partial charge in [-0.1, -0.05) is 20.8 Å². The topological polar surface area (TPSA) is 35.2 Å². The molecule has 1 spiro atoms. The summed E-state index contributed by atoms with van der Waals surface area (Å²) in [4.78, 5) is 0. The Hall–Kier alpha value is -0.0800. The zero-order valence-electron chi connectivity index (χ0n) is 9.68. The van der Waals surface area contributed by atoms with Gasteiger partial charge in [-0.15, -0.1) is 0 Å². The molecule has 1 heterocycles. The fourth-order valence-electron chi connectivity index (χ4n) is 3.72. The van der Waals surface area contributed by atoms with Gasteiger partial charge in [-0.2, -0.15) is 0 Å². The van der Waals surface area contributed by atoms with Crippen molar-refractivity contribution in [1.29, 1.82) is 0 Å². The summed E-state index contributed by atoms with van der Waals surface area (Å²) in [6.07, 6.45) is 4.09. The average molecular weight is 197 g/mol. The lowest BCUT2D eigenvalue weighted by Crippen LogP contribution is -2.29. The molecule has 2 fully saturated rings. The van der Waals surface area contributed by atoms with Crippen LogP contribution in [-0.4, -0.2) is 19.3 Å². The molecule has 0 bridgehead atoms. The van der Waals surface area contributed by atoms with Crippen molar-refractivity contribution in [3.05, 3.63) is 0 Å². The van der Waals surface area contributed by atoms with Crippen LogP contribution in [-0.2, 0) is 4.74 Å². The van der Waals surface area contributed by atoms with Crippen LogP contribution in [0.25, 0.3) is 0 Å². The van der Waals surface area contributed by atoms with Gasteiger partial charge in [-0.25, -0.2) is 0 Å². The van der Waals surface area contributed by atoms with Crippen molar-refractivity contribution >= 4 is 0 Å². The molecule has 0 amide bonds. The van der Waals surface area contributed by atoms with E-state index in [-0.39, 0.29) is 0 Å². The molecule has 0 radical (unpaired) electrons. The first-order valence-corrected chi connectivity index (χ1v) is 5.90. The number of hydrogen-bond donors (Lipinski definition) is 1. The predicted molar refractivity (Wildman–Crippen MR) is 58.0 cm³/mol. The van der Waals surface area contributed by atoms with Crippen molar-refractivity contribution in [3.8, 4) is 0 Å². The van der Waals surface area contributed by atoms with E-state index in [2.05, 4.69) is 20.8 Å². The van der Waals surface area contributed by atoms with Gasteiger partial charge in [-0.3, -0.25) is 0 Å². The third-order valence-electron chi connectivity index (χ3n) is 4.92. The highest BCUT2D eigenvalue weighted by molar-refractivity contribution is 5.18. The maximum atomic E-state index is 5.86. The molecule has 2 nitrogen and oxygen atoms in total. The first-order valence-electron chi connectivity index (χ1n) is 5.90. The summed E-state index contributed by atoms with van der Waals surface area (Å²) in [5.74, 6) is 0.730. The van der Waals surface area contributed by atoms with Crippen LogP contribution in [0, 0.1) is 16.7 Å². The monoisotopic (exact) mass is 197 g/mol. The van der Waals surface area contributed by atoms with E-state index in [1.54, 1.807) is 0 Å². The van der Waals surface area contributed by atoms with Crippen LogP contribution in [0.2, 0.25) is 0 Å². The van der Waals surface area contributed by atoms with Gasteiger partial charge in [0, 0.05) is 6.61 Å². The van der Waals surface area contributed by atoms with Crippen LogP contribution in [0.15, 0.2) is 0 Å². The highest BCUT2D eigenvalue weighted by Gasteiger charge is 2.70. The predicted octanol–water partition coefficient (Wildman–Crippen LogP) is 2.18. The van der Waals surface area contributed by atoms with Gasteiger partial charge in [0.15, 0.2) is 0 Å². The number of ether oxygens (including phenoxy) is 1. The van der Waals surface area contributed by atoms with Gasteiger partial charge < -0.3 is 10.5 Å². The van der Waals surface area contributed by atoms with Gasteiger partial charge in [0.1, 0.15) is 0 Å². The van der Waals surface area contributed by atoms with Crippen molar-refractivity contribution in [3.63, 3.8) is 0 Å². The third-order valence-corrected chi connectivity index (χ3v) is 4.92. The molecule has 1 saturated carbocycles. The zero-order valence-corrected chi connectivity index (χ0v) is 9.68. The second kappa shape index (κ2) is 3.21. The van der Waals surface area contributed by atoms with Crippen molar-refractivity contribution in [2.75, 3.05) is 13.2 Å². The Bertz CT molecular complexity index is 226. The largest absolute Gasteiger partial charge is 0.378 e. The second-order valence-corrected chi connectivity index (χ2v) is 5.52. The van der Waals surface area contributed by atoms with E-state index in [0.29, 0.717) is 16.9 Å². The van der Waals surface area contributed by atoms with E-state index >= 15 is 0 Å². The standard InChI is InChI=1S/C12H23NO/c1-4-9-7-12(5-6-14-9)10(8-13)11(12,2)3/h9-10H,4-8,13H2,1-3H3. The molecular weight excluding hydrogens is 174 g/mol. The Morgan fingerprint density at radius 3 is 2.64 bits per heavy atom. The maximum absolute atomic E-state index is 5.86. The lowest BCUT2D eigenvalue weighted by molar-refractivity contribution is -0.0294. The van der Waals surface area contributed by atoms with Gasteiger partial charge in [-0.05, 0) is 42.6 Å². The van der Waals surface area contributed by atoms with Crippen LogP contribution >= 0.6 is 0 Å². The summed E-state index contributed by atoms with van der Waals surface area (Å²) >= 11 is 0. The molecule has 1 saturated heterocycles. The summed E-state index contributed by atoms with van der Waals surface area (Å²) in [5, 5.41) is 0. The number of hydrogen-bond acceptors (Lipinski definition) is 2. The molecule has 2 aliphatic rings. The first-order chi connectivity index (χ1) is 6.58. The van der Waals surface area contributed by atoms with E-state index in [1.807, 2.05) is 0 Å². The molecule has 82 valence electrons. The Morgan fingerprint density at radius 1 is 1.43 bits per heavy atom. The Kier molecular flexibility index (Phi) is 2.39. The lowest BCUT2D eigenvalue weighted by atomic mass is 9.84. The second-order valence-electron chi connectivity index (χ2n) is 5.52. The molecule has 0 aromatic heterocycles. The summed E-state index contributed by atoms with van der Waals surface area (Å²) in [7, 11) is 0. The molecular formula is C12H23NO. The molecule has 1 aliphatic carbocycles. The summed E-state index contributed by atoms with van der Waals surface area (Å²) < 4.78 is 5.75. The van der Waals surface area contributed by atoms with Crippen LogP contribution < -0.4 is 5.73 Å². The number of rotatable bonds is 2. The Balaban J connectivity index is 2.10. The molecule has 3 atom stereocenters. The quantitative estimate of drug-likeness (QED) is 0.736. The summed E-state index contributed by atoms with van der Waals surface area (Å²) in [5.41, 5.74) is 6.83. The lowest BCUT2D eigenvalue weighted by Gasteiger charge is -2.32. The van der Waals surface area contributed by atoms with E-state index < -0.39 is 0 Å². The first kappa shape index (κ1) is 10.4. The smallest absolute Gasteiger partial charge is 0.0578 e. The van der Waals surface area contributed by atoms with Crippen LogP contribution in [0.3, 0.4) is 0 Å². The summed E-state index contributed by atoms with van der Waals surface area (Å²) in [6, 6.07) is 0. The van der Waals surface area contributed by atoms with Gasteiger partial charge >= 0.3 is 0 Å². The number of nitrogens with two attached hydrogens (primary N) is 1. The van der Waals surface area contributed by atoms with Crippen LogP contribution in [0.5, 0.6) is 0 Å². The van der Waals surface area contributed by atoms with Crippen molar-refractivity contribution < 1.29 is 4.74 Å². The molecule has 2 heteroatoms. The molecule has 3 unspecified atom stereocenters. The van der Waals surface area contributed by atoms with E-state index in [0.717, 1.165) is 25.5 Å². The van der Waals surface area contributed by atoms with Gasteiger partial charge in [0.25, 0.3) is 0 Å². The van der Waals surface area contributed by atoms with Gasteiger partial charge in [0.2, 0.25) is 0 Å².